The van der Waals surface area contributed by atoms with Gasteiger partial charge in [-0.15, -0.1) is 0 Å². The summed E-state index contributed by atoms with van der Waals surface area (Å²) in [6.45, 7) is 0.921. The van der Waals surface area contributed by atoms with Crippen LogP contribution in [0.15, 0.2) is 46.9 Å². The Kier molecular flexibility index (Phi) is 2.44. The molecule has 80 valence electrons. The van der Waals surface area contributed by atoms with Gasteiger partial charge in [0, 0.05) is 16.7 Å². The van der Waals surface area contributed by atoms with Gasteiger partial charge in [-0.3, -0.25) is 0 Å². The first kappa shape index (κ1) is 9.91. The molecule has 0 saturated heterocycles. The van der Waals surface area contributed by atoms with Gasteiger partial charge in [0.2, 0.25) is 0 Å². The Morgan fingerprint density at radius 3 is 2.62 bits per heavy atom. The van der Waals surface area contributed by atoms with E-state index in [9.17, 15) is 0 Å². The second kappa shape index (κ2) is 3.95. The topological polar surface area (TPSA) is 12.0 Å². The molecule has 1 aliphatic heterocycles. The van der Waals surface area contributed by atoms with Gasteiger partial charge >= 0.3 is 0 Å². The molecule has 0 aromatic heterocycles. The maximum Gasteiger partial charge on any atom is 0.0403 e. The second-order valence-electron chi connectivity index (χ2n) is 4.10. The normalized spacial score (nSPS) is 13.3. The Morgan fingerprint density at radius 1 is 0.938 bits per heavy atom. The third kappa shape index (κ3) is 1.74. The van der Waals surface area contributed by atoms with Gasteiger partial charge < -0.3 is 5.32 Å². The number of halogens is 1. The van der Waals surface area contributed by atoms with Gasteiger partial charge in [0.25, 0.3) is 0 Å². The SMILES string of the molecule is Brc1ccc2c(c1)Cc1ccccc1CN2. The molecule has 3 rings (SSSR count). The lowest BCUT2D eigenvalue weighted by molar-refractivity contribution is 1.12. The van der Waals surface area contributed by atoms with Crippen LogP contribution in [0.1, 0.15) is 16.7 Å². The van der Waals surface area contributed by atoms with Crippen LogP contribution in [-0.4, -0.2) is 0 Å². The van der Waals surface area contributed by atoms with E-state index in [-0.39, 0.29) is 0 Å². The molecule has 0 fully saturated rings. The summed E-state index contributed by atoms with van der Waals surface area (Å²) < 4.78 is 1.15. The molecule has 0 saturated carbocycles. The maximum atomic E-state index is 3.53. The lowest BCUT2D eigenvalue weighted by Crippen LogP contribution is -1.98. The van der Waals surface area contributed by atoms with Crippen molar-refractivity contribution in [3.63, 3.8) is 0 Å². The first-order chi connectivity index (χ1) is 7.83. The average molecular weight is 274 g/mol. The summed E-state index contributed by atoms with van der Waals surface area (Å²) in [6.07, 6.45) is 1.01. The minimum atomic E-state index is 0.921. The van der Waals surface area contributed by atoms with Crippen LogP contribution < -0.4 is 5.32 Å². The largest absolute Gasteiger partial charge is 0.381 e. The van der Waals surface area contributed by atoms with E-state index in [0.29, 0.717) is 0 Å². The Labute approximate surface area is 104 Å². The van der Waals surface area contributed by atoms with Crippen molar-refractivity contribution in [2.75, 3.05) is 5.32 Å². The predicted molar refractivity (Wildman–Crippen MR) is 70.7 cm³/mol. The van der Waals surface area contributed by atoms with Gasteiger partial charge in [0.05, 0.1) is 0 Å². The highest BCUT2D eigenvalue weighted by Gasteiger charge is 2.11. The van der Waals surface area contributed by atoms with E-state index in [4.69, 9.17) is 0 Å². The van der Waals surface area contributed by atoms with E-state index in [1.54, 1.807) is 0 Å². The number of benzene rings is 2. The van der Waals surface area contributed by atoms with E-state index in [1.807, 2.05) is 0 Å². The number of hydrogen-bond acceptors (Lipinski definition) is 1. The van der Waals surface area contributed by atoms with Crippen molar-refractivity contribution in [1.82, 2.24) is 0 Å². The van der Waals surface area contributed by atoms with Crippen molar-refractivity contribution in [2.24, 2.45) is 0 Å². The van der Waals surface area contributed by atoms with Crippen LogP contribution >= 0.6 is 15.9 Å². The fourth-order valence-electron chi connectivity index (χ4n) is 2.18. The maximum absolute atomic E-state index is 3.53. The summed E-state index contributed by atoms with van der Waals surface area (Å²) in [5, 5.41) is 3.49. The van der Waals surface area contributed by atoms with Crippen molar-refractivity contribution < 1.29 is 0 Å². The standard InChI is InChI=1S/C14H12BrN/c15-13-5-6-14-12(8-13)7-10-3-1-2-4-11(10)9-16-14/h1-6,8,16H,7,9H2. The van der Waals surface area contributed by atoms with E-state index in [2.05, 4.69) is 63.7 Å². The Bertz CT molecular complexity index is 534. The highest BCUT2D eigenvalue weighted by atomic mass is 79.9. The molecule has 1 heterocycles. The summed E-state index contributed by atoms with van der Waals surface area (Å²) in [6, 6.07) is 15.1. The fourth-order valence-corrected chi connectivity index (χ4v) is 2.59. The summed E-state index contributed by atoms with van der Waals surface area (Å²) in [5.74, 6) is 0. The van der Waals surface area contributed by atoms with E-state index in [1.165, 1.54) is 22.4 Å². The van der Waals surface area contributed by atoms with Crippen LogP contribution in [-0.2, 0) is 13.0 Å². The lowest BCUT2D eigenvalue weighted by atomic mass is 10.0. The van der Waals surface area contributed by atoms with E-state index >= 15 is 0 Å². The molecular weight excluding hydrogens is 262 g/mol. The molecule has 2 aromatic carbocycles. The number of hydrogen-bond donors (Lipinski definition) is 1. The molecule has 2 aromatic rings. The summed E-state index contributed by atoms with van der Waals surface area (Å²) in [4.78, 5) is 0. The van der Waals surface area contributed by atoms with Crippen molar-refractivity contribution in [1.29, 1.82) is 0 Å². The summed E-state index contributed by atoms with van der Waals surface area (Å²) in [7, 11) is 0. The van der Waals surface area contributed by atoms with E-state index < -0.39 is 0 Å². The third-order valence-corrected chi connectivity index (χ3v) is 3.53. The fraction of sp³-hybridized carbons (Fsp3) is 0.143. The lowest BCUT2D eigenvalue weighted by Gasteiger charge is -2.07. The zero-order chi connectivity index (χ0) is 11.0. The van der Waals surface area contributed by atoms with Gasteiger partial charge in [-0.05, 0) is 41.3 Å². The summed E-state index contributed by atoms with van der Waals surface area (Å²) in [5.41, 5.74) is 5.43. The van der Waals surface area contributed by atoms with Crippen LogP contribution in [0.4, 0.5) is 5.69 Å². The van der Waals surface area contributed by atoms with E-state index in [0.717, 1.165) is 17.4 Å². The minimum absolute atomic E-state index is 0.921. The van der Waals surface area contributed by atoms with Gasteiger partial charge in [-0.25, -0.2) is 0 Å². The summed E-state index contributed by atoms with van der Waals surface area (Å²) >= 11 is 3.53. The number of anilines is 1. The molecule has 0 bridgehead atoms. The molecule has 0 atom stereocenters. The molecule has 1 aliphatic rings. The molecule has 1 nitrogen and oxygen atoms in total. The quantitative estimate of drug-likeness (QED) is 0.766. The zero-order valence-electron chi connectivity index (χ0n) is 8.83. The van der Waals surface area contributed by atoms with Gasteiger partial charge in [-0.1, -0.05) is 40.2 Å². The van der Waals surface area contributed by atoms with Crippen LogP contribution in [0.2, 0.25) is 0 Å². The van der Waals surface area contributed by atoms with Crippen molar-refractivity contribution in [3.05, 3.63) is 63.6 Å². The molecule has 0 amide bonds. The van der Waals surface area contributed by atoms with Gasteiger partial charge in [0.1, 0.15) is 0 Å². The zero-order valence-corrected chi connectivity index (χ0v) is 10.4. The van der Waals surface area contributed by atoms with Crippen molar-refractivity contribution >= 4 is 21.6 Å². The number of nitrogens with one attached hydrogen (secondary N) is 1. The molecule has 16 heavy (non-hydrogen) atoms. The molecule has 0 unspecified atom stereocenters. The molecular formula is C14H12BrN. The molecule has 0 aliphatic carbocycles. The van der Waals surface area contributed by atoms with Crippen LogP contribution in [0.3, 0.4) is 0 Å². The van der Waals surface area contributed by atoms with Gasteiger partial charge in [-0.2, -0.15) is 0 Å². The highest BCUT2D eigenvalue weighted by molar-refractivity contribution is 9.10. The van der Waals surface area contributed by atoms with Crippen molar-refractivity contribution in [3.8, 4) is 0 Å². The first-order valence-electron chi connectivity index (χ1n) is 5.42. The Balaban J connectivity index is 2.10. The van der Waals surface area contributed by atoms with Crippen LogP contribution in [0.25, 0.3) is 0 Å². The Morgan fingerprint density at radius 2 is 1.75 bits per heavy atom. The average Bonchev–Trinajstić information content (AvgIpc) is 2.47. The second-order valence-corrected chi connectivity index (χ2v) is 5.02. The number of fused-ring (bicyclic) bond motifs is 2. The first-order valence-corrected chi connectivity index (χ1v) is 6.21. The molecule has 2 heteroatoms. The predicted octanol–water partition coefficient (Wildman–Crippen LogP) is 3.97. The monoisotopic (exact) mass is 273 g/mol. The minimum Gasteiger partial charge on any atom is -0.381 e. The van der Waals surface area contributed by atoms with Crippen LogP contribution in [0, 0.1) is 0 Å². The molecule has 0 spiro atoms. The Hall–Kier alpha value is -1.28. The molecule has 1 N–H and O–H groups in total. The third-order valence-electron chi connectivity index (χ3n) is 3.04. The van der Waals surface area contributed by atoms with Crippen molar-refractivity contribution in [2.45, 2.75) is 13.0 Å². The molecule has 0 radical (unpaired) electrons. The smallest absolute Gasteiger partial charge is 0.0403 e. The van der Waals surface area contributed by atoms with Gasteiger partial charge in [0.15, 0.2) is 0 Å². The van der Waals surface area contributed by atoms with Crippen LogP contribution in [0.5, 0.6) is 0 Å². The number of rotatable bonds is 0. The highest BCUT2D eigenvalue weighted by Crippen LogP contribution is 2.28.